The standard InChI is InChI=1S/C10H19N3O2/c1-3-5-12-7-8-13(6-4-11-2)10(15)9(12)14/h11H,3-8H2,1-2H3. The van der Waals surface area contributed by atoms with Crippen LogP contribution in [0.5, 0.6) is 0 Å². The Morgan fingerprint density at radius 1 is 1.13 bits per heavy atom. The zero-order chi connectivity index (χ0) is 11.3. The summed E-state index contributed by atoms with van der Waals surface area (Å²) in [6.07, 6.45) is 0.898. The molecule has 0 atom stereocenters. The zero-order valence-electron chi connectivity index (χ0n) is 9.45. The van der Waals surface area contributed by atoms with Crippen LogP contribution in [-0.4, -0.2) is 61.4 Å². The van der Waals surface area contributed by atoms with Crippen molar-refractivity contribution in [3.63, 3.8) is 0 Å². The highest BCUT2D eigenvalue weighted by molar-refractivity contribution is 6.35. The number of rotatable bonds is 5. The second kappa shape index (κ2) is 5.70. The molecule has 86 valence electrons. The minimum atomic E-state index is -0.357. The molecule has 0 saturated carbocycles. The van der Waals surface area contributed by atoms with Gasteiger partial charge in [-0.2, -0.15) is 0 Å². The van der Waals surface area contributed by atoms with Crippen LogP contribution >= 0.6 is 0 Å². The van der Waals surface area contributed by atoms with Gasteiger partial charge in [0.2, 0.25) is 0 Å². The first kappa shape index (κ1) is 12.0. The molecule has 0 aromatic carbocycles. The molecule has 5 nitrogen and oxygen atoms in total. The van der Waals surface area contributed by atoms with Crippen molar-refractivity contribution in [2.75, 3.05) is 39.8 Å². The molecule has 0 aromatic heterocycles. The molecule has 0 aliphatic carbocycles. The number of likely N-dealkylation sites (N-methyl/N-ethyl adjacent to an activating group) is 1. The lowest BCUT2D eigenvalue weighted by molar-refractivity contribution is -0.155. The van der Waals surface area contributed by atoms with E-state index < -0.39 is 0 Å². The number of nitrogens with one attached hydrogen (secondary N) is 1. The number of hydrogen-bond acceptors (Lipinski definition) is 3. The number of amides is 2. The Kier molecular flexibility index (Phi) is 4.55. The second-order valence-electron chi connectivity index (χ2n) is 3.69. The second-order valence-corrected chi connectivity index (χ2v) is 3.69. The summed E-state index contributed by atoms with van der Waals surface area (Å²) < 4.78 is 0. The maximum absolute atomic E-state index is 11.6. The molecule has 1 heterocycles. The summed E-state index contributed by atoms with van der Waals surface area (Å²) in [5.41, 5.74) is 0. The number of hydrogen-bond donors (Lipinski definition) is 1. The van der Waals surface area contributed by atoms with Crippen molar-refractivity contribution < 1.29 is 9.59 Å². The molecule has 0 unspecified atom stereocenters. The summed E-state index contributed by atoms with van der Waals surface area (Å²) in [5.74, 6) is -0.704. The Bertz CT molecular complexity index is 243. The largest absolute Gasteiger partial charge is 0.333 e. The van der Waals surface area contributed by atoms with Crippen LogP contribution in [-0.2, 0) is 9.59 Å². The fraction of sp³-hybridized carbons (Fsp3) is 0.800. The van der Waals surface area contributed by atoms with Crippen molar-refractivity contribution in [3.8, 4) is 0 Å². The van der Waals surface area contributed by atoms with Gasteiger partial charge in [-0.15, -0.1) is 0 Å². The van der Waals surface area contributed by atoms with Crippen LogP contribution in [0.1, 0.15) is 13.3 Å². The molecule has 1 fully saturated rings. The fourth-order valence-corrected chi connectivity index (χ4v) is 1.66. The molecule has 0 spiro atoms. The number of nitrogens with zero attached hydrogens (tertiary/aromatic N) is 2. The lowest BCUT2D eigenvalue weighted by atomic mass is 10.2. The van der Waals surface area contributed by atoms with E-state index in [2.05, 4.69) is 5.32 Å². The quantitative estimate of drug-likeness (QED) is 0.614. The maximum Gasteiger partial charge on any atom is 0.312 e. The monoisotopic (exact) mass is 213 g/mol. The summed E-state index contributed by atoms with van der Waals surface area (Å²) >= 11 is 0. The molecule has 0 bridgehead atoms. The van der Waals surface area contributed by atoms with Crippen LogP contribution in [0.3, 0.4) is 0 Å². The Morgan fingerprint density at radius 2 is 1.67 bits per heavy atom. The molecular weight excluding hydrogens is 194 g/mol. The molecular formula is C10H19N3O2. The summed E-state index contributed by atoms with van der Waals surface area (Å²) in [5, 5.41) is 2.97. The van der Waals surface area contributed by atoms with Gasteiger partial charge in [-0.3, -0.25) is 9.59 Å². The van der Waals surface area contributed by atoms with Crippen LogP contribution in [0.4, 0.5) is 0 Å². The van der Waals surface area contributed by atoms with E-state index >= 15 is 0 Å². The average Bonchev–Trinajstić information content (AvgIpc) is 2.24. The molecule has 15 heavy (non-hydrogen) atoms. The highest BCUT2D eigenvalue weighted by Gasteiger charge is 2.31. The van der Waals surface area contributed by atoms with Gasteiger partial charge in [0.15, 0.2) is 0 Å². The van der Waals surface area contributed by atoms with Crippen molar-refractivity contribution in [2.24, 2.45) is 0 Å². The highest BCUT2D eigenvalue weighted by Crippen LogP contribution is 2.05. The van der Waals surface area contributed by atoms with E-state index in [1.165, 1.54) is 0 Å². The number of carbonyl (C=O) groups excluding carboxylic acids is 2. The van der Waals surface area contributed by atoms with E-state index in [0.29, 0.717) is 26.2 Å². The highest BCUT2D eigenvalue weighted by atomic mass is 16.2. The maximum atomic E-state index is 11.6. The molecule has 1 saturated heterocycles. The molecule has 1 rings (SSSR count). The lowest BCUT2D eigenvalue weighted by Crippen LogP contribution is -2.55. The molecule has 1 aliphatic rings. The van der Waals surface area contributed by atoms with Crippen molar-refractivity contribution in [3.05, 3.63) is 0 Å². The van der Waals surface area contributed by atoms with Gasteiger partial charge in [0, 0.05) is 32.7 Å². The molecule has 5 heteroatoms. The Labute approximate surface area is 90.4 Å². The predicted molar refractivity (Wildman–Crippen MR) is 57.4 cm³/mol. The van der Waals surface area contributed by atoms with Gasteiger partial charge < -0.3 is 15.1 Å². The third-order valence-corrected chi connectivity index (χ3v) is 2.52. The molecule has 0 aromatic rings. The predicted octanol–water partition coefficient (Wildman–Crippen LogP) is -0.713. The van der Waals surface area contributed by atoms with Crippen molar-refractivity contribution in [1.82, 2.24) is 15.1 Å². The van der Waals surface area contributed by atoms with E-state index in [-0.39, 0.29) is 11.8 Å². The van der Waals surface area contributed by atoms with E-state index in [1.807, 2.05) is 14.0 Å². The third-order valence-electron chi connectivity index (χ3n) is 2.52. The van der Waals surface area contributed by atoms with E-state index in [0.717, 1.165) is 13.0 Å². The third kappa shape index (κ3) is 2.92. The van der Waals surface area contributed by atoms with Crippen LogP contribution in [0.2, 0.25) is 0 Å². The van der Waals surface area contributed by atoms with Crippen LogP contribution in [0, 0.1) is 0 Å². The summed E-state index contributed by atoms with van der Waals surface area (Å²) in [6, 6.07) is 0. The first-order valence-corrected chi connectivity index (χ1v) is 5.43. The van der Waals surface area contributed by atoms with Gasteiger partial charge in [0.05, 0.1) is 0 Å². The van der Waals surface area contributed by atoms with Gasteiger partial charge in [-0.05, 0) is 13.5 Å². The minimum absolute atomic E-state index is 0.348. The lowest BCUT2D eigenvalue weighted by Gasteiger charge is -2.33. The summed E-state index contributed by atoms with van der Waals surface area (Å²) in [6.45, 7) is 5.36. The number of piperazine rings is 1. The van der Waals surface area contributed by atoms with Crippen molar-refractivity contribution >= 4 is 11.8 Å². The molecule has 2 amide bonds. The van der Waals surface area contributed by atoms with Crippen molar-refractivity contribution in [1.29, 1.82) is 0 Å². The van der Waals surface area contributed by atoms with Gasteiger partial charge in [-0.1, -0.05) is 6.92 Å². The van der Waals surface area contributed by atoms with E-state index in [4.69, 9.17) is 0 Å². The Morgan fingerprint density at radius 3 is 2.13 bits per heavy atom. The van der Waals surface area contributed by atoms with Gasteiger partial charge in [0.1, 0.15) is 0 Å². The Hall–Kier alpha value is -1.10. The van der Waals surface area contributed by atoms with Gasteiger partial charge in [0.25, 0.3) is 0 Å². The summed E-state index contributed by atoms with van der Waals surface area (Å²) in [4.78, 5) is 26.5. The smallest absolute Gasteiger partial charge is 0.312 e. The SMILES string of the molecule is CCCN1CCN(CCNC)C(=O)C1=O. The van der Waals surface area contributed by atoms with Gasteiger partial charge >= 0.3 is 11.8 Å². The van der Waals surface area contributed by atoms with Crippen LogP contribution in [0.25, 0.3) is 0 Å². The van der Waals surface area contributed by atoms with E-state index in [1.54, 1.807) is 9.80 Å². The van der Waals surface area contributed by atoms with Crippen molar-refractivity contribution in [2.45, 2.75) is 13.3 Å². The first-order valence-electron chi connectivity index (χ1n) is 5.43. The van der Waals surface area contributed by atoms with Crippen LogP contribution in [0.15, 0.2) is 0 Å². The van der Waals surface area contributed by atoms with Crippen LogP contribution < -0.4 is 5.32 Å². The van der Waals surface area contributed by atoms with Gasteiger partial charge in [-0.25, -0.2) is 0 Å². The average molecular weight is 213 g/mol. The molecule has 0 radical (unpaired) electrons. The molecule has 1 aliphatic heterocycles. The zero-order valence-corrected chi connectivity index (χ0v) is 9.45. The minimum Gasteiger partial charge on any atom is -0.333 e. The normalized spacial score (nSPS) is 17.5. The molecule has 1 N–H and O–H groups in total. The topological polar surface area (TPSA) is 52.6 Å². The fourth-order valence-electron chi connectivity index (χ4n) is 1.66. The number of carbonyl (C=O) groups is 2. The Balaban J connectivity index is 2.49. The van der Waals surface area contributed by atoms with E-state index in [9.17, 15) is 9.59 Å². The summed E-state index contributed by atoms with van der Waals surface area (Å²) in [7, 11) is 1.83. The first-order chi connectivity index (χ1) is 7.20.